The van der Waals surface area contributed by atoms with E-state index in [0.29, 0.717) is 18.0 Å². The molecule has 0 heterocycles. The van der Waals surface area contributed by atoms with Gasteiger partial charge in [0.1, 0.15) is 0 Å². The summed E-state index contributed by atoms with van der Waals surface area (Å²) in [4.78, 5) is 15.4. The summed E-state index contributed by atoms with van der Waals surface area (Å²) >= 11 is 0. The Morgan fingerprint density at radius 3 is 2.60 bits per heavy atom. The number of primary amides is 1. The summed E-state index contributed by atoms with van der Waals surface area (Å²) in [5, 5.41) is 6.52. The van der Waals surface area contributed by atoms with Crippen molar-refractivity contribution in [3.05, 3.63) is 35.4 Å². The van der Waals surface area contributed by atoms with Crippen molar-refractivity contribution in [1.29, 1.82) is 0 Å². The number of amides is 1. The highest BCUT2D eigenvalue weighted by Gasteiger charge is 2.13. The van der Waals surface area contributed by atoms with Crippen molar-refractivity contribution >= 4 is 35.8 Å². The molecule has 1 aromatic rings. The van der Waals surface area contributed by atoms with E-state index in [-0.39, 0.29) is 30.1 Å². The van der Waals surface area contributed by atoms with Gasteiger partial charge in [0, 0.05) is 32.3 Å². The number of nitrogens with zero attached hydrogens (tertiary/aromatic N) is 1. The van der Waals surface area contributed by atoms with E-state index in [9.17, 15) is 4.79 Å². The summed E-state index contributed by atoms with van der Waals surface area (Å²) in [6, 6.07) is 7.25. The van der Waals surface area contributed by atoms with Gasteiger partial charge in [-0.3, -0.25) is 9.79 Å². The van der Waals surface area contributed by atoms with Crippen LogP contribution in [0.25, 0.3) is 0 Å². The number of nitrogens with one attached hydrogen (secondary N) is 2. The van der Waals surface area contributed by atoms with Crippen LogP contribution >= 0.6 is 24.0 Å². The quantitative estimate of drug-likeness (QED) is 0.299. The van der Waals surface area contributed by atoms with E-state index in [1.54, 1.807) is 19.2 Å². The minimum absolute atomic E-state index is 0. The Morgan fingerprint density at radius 2 is 2.04 bits per heavy atom. The molecule has 0 fully saturated rings. The summed E-state index contributed by atoms with van der Waals surface area (Å²) in [6.45, 7) is 8.43. The molecule has 0 saturated heterocycles. The van der Waals surface area contributed by atoms with E-state index in [1.165, 1.54) is 0 Å². The zero-order valence-electron chi connectivity index (χ0n) is 15.5. The first-order valence-corrected chi connectivity index (χ1v) is 8.42. The molecule has 0 radical (unpaired) electrons. The summed E-state index contributed by atoms with van der Waals surface area (Å²) in [7, 11) is 1.73. The highest BCUT2D eigenvalue weighted by Crippen LogP contribution is 2.10. The molecular formula is C18H31IN4O2. The second-order valence-corrected chi connectivity index (χ2v) is 5.94. The number of carbonyl (C=O) groups is 1. The Kier molecular flexibility index (Phi) is 12.2. The predicted octanol–water partition coefficient (Wildman–Crippen LogP) is 2.52. The molecule has 0 aliphatic rings. The van der Waals surface area contributed by atoms with Gasteiger partial charge in [0.2, 0.25) is 5.91 Å². The van der Waals surface area contributed by atoms with Gasteiger partial charge in [-0.2, -0.15) is 0 Å². The maximum Gasteiger partial charge on any atom is 0.248 e. The molecule has 0 aromatic heterocycles. The average molecular weight is 462 g/mol. The van der Waals surface area contributed by atoms with Crippen LogP contribution in [0.4, 0.5) is 0 Å². The van der Waals surface area contributed by atoms with Crippen LogP contribution in [0.5, 0.6) is 0 Å². The van der Waals surface area contributed by atoms with Crippen LogP contribution in [0.1, 0.15) is 43.1 Å². The zero-order valence-corrected chi connectivity index (χ0v) is 17.9. The lowest BCUT2D eigenvalue weighted by molar-refractivity contribution is 0.0258. The maximum absolute atomic E-state index is 11.2. The molecule has 0 aliphatic carbocycles. The minimum Gasteiger partial charge on any atom is -0.378 e. The molecule has 7 heteroatoms. The van der Waals surface area contributed by atoms with Gasteiger partial charge in [0.15, 0.2) is 5.96 Å². The highest BCUT2D eigenvalue weighted by atomic mass is 127. The Morgan fingerprint density at radius 1 is 1.32 bits per heavy atom. The fraction of sp³-hybridized carbons (Fsp3) is 0.556. The molecule has 1 unspecified atom stereocenters. The number of ether oxygens (including phenoxy) is 1. The van der Waals surface area contributed by atoms with Crippen LogP contribution in [-0.4, -0.2) is 38.2 Å². The molecule has 1 amide bonds. The number of hydrogen-bond acceptors (Lipinski definition) is 3. The molecule has 0 aliphatic heterocycles. The van der Waals surface area contributed by atoms with Gasteiger partial charge in [-0.15, -0.1) is 24.0 Å². The van der Waals surface area contributed by atoms with E-state index >= 15 is 0 Å². The Labute approximate surface area is 168 Å². The topological polar surface area (TPSA) is 88.7 Å². The molecule has 0 bridgehead atoms. The van der Waals surface area contributed by atoms with Gasteiger partial charge in [0.25, 0.3) is 0 Å². The van der Waals surface area contributed by atoms with E-state index in [1.807, 2.05) is 19.1 Å². The van der Waals surface area contributed by atoms with Crippen molar-refractivity contribution in [2.45, 2.75) is 39.8 Å². The number of benzene rings is 1. The molecule has 6 nitrogen and oxygen atoms in total. The molecule has 142 valence electrons. The molecule has 25 heavy (non-hydrogen) atoms. The third-order valence-electron chi connectivity index (χ3n) is 3.74. The Hall–Kier alpha value is -1.35. The highest BCUT2D eigenvalue weighted by molar-refractivity contribution is 14.0. The van der Waals surface area contributed by atoms with Gasteiger partial charge >= 0.3 is 0 Å². The maximum atomic E-state index is 11.2. The van der Waals surface area contributed by atoms with E-state index in [4.69, 9.17) is 10.5 Å². The number of halogens is 1. The summed E-state index contributed by atoms with van der Waals surface area (Å²) in [5.74, 6) is 0.784. The van der Waals surface area contributed by atoms with Crippen LogP contribution in [0.3, 0.4) is 0 Å². The number of nitrogens with two attached hydrogens (primary N) is 1. The molecule has 1 rings (SSSR count). The number of carbonyl (C=O) groups excluding carboxylic acids is 1. The summed E-state index contributed by atoms with van der Waals surface area (Å²) in [5.41, 5.74) is 6.78. The smallest absolute Gasteiger partial charge is 0.248 e. The lowest BCUT2D eigenvalue weighted by Crippen LogP contribution is -2.39. The third-order valence-corrected chi connectivity index (χ3v) is 3.74. The van der Waals surface area contributed by atoms with Crippen molar-refractivity contribution in [1.82, 2.24) is 10.6 Å². The van der Waals surface area contributed by atoms with Crippen LogP contribution < -0.4 is 16.4 Å². The van der Waals surface area contributed by atoms with E-state index in [2.05, 4.69) is 29.5 Å². The lowest BCUT2D eigenvalue weighted by atomic mass is 10.0. The van der Waals surface area contributed by atoms with E-state index in [0.717, 1.165) is 31.1 Å². The molecule has 1 atom stereocenters. The van der Waals surface area contributed by atoms with Gasteiger partial charge < -0.3 is 21.1 Å². The average Bonchev–Trinajstić information content (AvgIpc) is 2.57. The predicted molar refractivity (Wildman–Crippen MR) is 113 cm³/mol. The first-order valence-electron chi connectivity index (χ1n) is 8.42. The summed E-state index contributed by atoms with van der Waals surface area (Å²) < 4.78 is 5.74. The number of hydrogen-bond donors (Lipinski definition) is 3. The van der Waals surface area contributed by atoms with Crippen molar-refractivity contribution in [3.63, 3.8) is 0 Å². The first kappa shape index (κ1) is 23.6. The van der Waals surface area contributed by atoms with Gasteiger partial charge in [-0.05, 0) is 37.0 Å². The minimum atomic E-state index is -0.421. The number of guanidine groups is 1. The fourth-order valence-electron chi connectivity index (χ4n) is 2.40. The normalized spacial score (nSPS) is 12.4. The second kappa shape index (κ2) is 12.9. The van der Waals surface area contributed by atoms with E-state index < -0.39 is 5.91 Å². The summed E-state index contributed by atoms with van der Waals surface area (Å²) in [6.07, 6.45) is 1.16. The van der Waals surface area contributed by atoms with Crippen LogP contribution in [0.15, 0.2) is 29.3 Å². The third kappa shape index (κ3) is 9.06. The van der Waals surface area contributed by atoms with Gasteiger partial charge in [-0.25, -0.2) is 0 Å². The Bertz CT molecular complexity index is 550. The van der Waals surface area contributed by atoms with Crippen molar-refractivity contribution in [2.24, 2.45) is 16.6 Å². The molecule has 0 spiro atoms. The molecular weight excluding hydrogens is 431 g/mol. The van der Waals surface area contributed by atoms with Crippen molar-refractivity contribution < 1.29 is 9.53 Å². The van der Waals surface area contributed by atoms with Crippen LogP contribution in [-0.2, 0) is 11.3 Å². The number of rotatable bonds is 9. The molecule has 0 saturated carbocycles. The second-order valence-electron chi connectivity index (χ2n) is 5.94. The van der Waals surface area contributed by atoms with Gasteiger partial charge in [-0.1, -0.05) is 26.0 Å². The fourth-order valence-corrected chi connectivity index (χ4v) is 2.40. The first-order chi connectivity index (χ1) is 11.5. The standard InChI is InChI=1S/C18H30N4O2.HI/c1-5-24-16(13(2)3)9-10-21-18(20-4)22-12-14-7-6-8-15(11-14)17(19)23;/h6-8,11,13,16H,5,9-10,12H2,1-4H3,(H2,19,23)(H2,20,21,22);1H. The SMILES string of the molecule is CCOC(CCNC(=NC)NCc1cccc(C(N)=O)c1)C(C)C.I. The van der Waals surface area contributed by atoms with Crippen molar-refractivity contribution in [3.8, 4) is 0 Å². The largest absolute Gasteiger partial charge is 0.378 e. The molecule has 1 aromatic carbocycles. The molecule has 4 N–H and O–H groups in total. The number of aliphatic imine (C=N–C) groups is 1. The van der Waals surface area contributed by atoms with Crippen molar-refractivity contribution in [2.75, 3.05) is 20.2 Å². The monoisotopic (exact) mass is 462 g/mol. The van der Waals surface area contributed by atoms with Crippen LogP contribution in [0.2, 0.25) is 0 Å². The Balaban J connectivity index is 0.00000576. The van der Waals surface area contributed by atoms with Gasteiger partial charge in [0.05, 0.1) is 6.10 Å². The zero-order chi connectivity index (χ0) is 17.9. The van der Waals surface area contributed by atoms with Crippen LogP contribution in [0, 0.1) is 5.92 Å². The lowest BCUT2D eigenvalue weighted by Gasteiger charge is -2.21.